The van der Waals surface area contributed by atoms with Crippen LogP contribution in [0.25, 0.3) is 0 Å². The van der Waals surface area contributed by atoms with Crippen molar-refractivity contribution in [2.75, 3.05) is 36.5 Å². The van der Waals surface area contributed by atoms with Crippen LogP contribution in [0.3, 0.4) is 0 Å². The zero-order valence-electron chi connectivity index (χ0n) is 16.1. The zero-order chi connectivity index (χ0) is 19.5. The van der Waals surface area contributed by atoms with Crippen molar-refractivity contribution in [2.24, 2.45) is 5.92 Å². The number of nitrogens with zero attached hydrogens (tertiary/aromatic N) is 3. The van der Waals surface area contributed by atoms with Gasteiger partial charge in [-0.3, -0.25) is 4.90 Å². The number of hydrogen-bond acceptors (Lipinski definition) is 7. The molecule has 1 fully saturated rings. The van der Waals surface area contributed by atoms with Crippen molar-refractivity contribution in [3.05, 3.63) is 41.6 Å². The van der Waals surface area contributed by atoms with Crippen LogP contribution in [-0.2, 0) is 11.3 Å². The topological polar surface area (TPSA) is 88.6 Å². The molecule has 4 rings (SSSR count). The van der Waals surface area contributed by atoms with E-state index in [-0.39, 0.29) is 18.7 Å². The molecular formula is C20H25N5O3. The molecule has 28 heavy (non-hydrogen) atoms. The molecule has 2 aliphatic rings. The molecule has 1 aromatic heterocycles. The summed E-state index contributed by atoms with van der Waals surface area (Å²) in [7, 11) is 0. The molecular weight excluding hydrogens is 358 g/mol. The van der Waals surface area contributed by atoms with E-state index in [4.69, 9.17) is 9.47 Å². The summed E-state index contributed by atoms with van der Waals surface area (Å²) in [6.45, 7) is 7.46. The molecule has 2 aliphatic heterocycles. The molecule has 8 heteroatoms. The summed E-state index contributed by atoms with van der Waals surface area (Å²) < 4.78 is 11.0. The van der Waals surface area contributed by atoms with E-state index >= 15 is 0 Å². The van der Waals surface area contributed by atoms with Crippen LogP contribution < -0.4 is 20.3 Å². The average molecular weight is 383 g/mol. The minimum atomic E-state index is -0.374. The third-order valence-electron chi connectivity index (χ3n) is 5.06. The number of cyclic esters (lactones) is 1. The Balaban J connectivity index is 1.41. The van der Waals surface area contributed by atoms with Gasteiger partial charge in [0.1, 0.15) is 18.2 Å². The monoisotopic (exact) mass is 383 g/mol. The Hall–Kier alpha value is -2.87. The molecule has 8 nitrogen and oxygen atoms in total. The number of aromatic nitrogens is 2. The lowest BCUT2D eigenvalue weighted by molar-refractivity contribution is 0.141. The van der Waals surface area contributed by atoms with Gasteiger partial charge < -0.3 is 20.1 Å². The second kappa shape index (κ2) is 8.02. The van der Waals surface area contributed by atoms with Crippen LogP contribution in [0.2, 0.25) is 0 Å². The molecule has 0 bridgehead atoms. The van der Waals surface area contributed by atoms with Crippen molar-refractivity contribution in [2.45, 2.75) is 26.5 Å². The highest BCUT2D eigenvalue weighted by Crippen LogP contribution is 2.27. The van der Waals surface area contributed by atoms with Gasteiger partial charge in [0.15, 0.2) is 0 Å². The zero-order valence-corrected chi connectivity index (χ0v) is 16.1. The largest absolute Gasteiger partial charge is 0.493 e. The second-order valence-corrected chi connectivity index (χ2v) is 7.11. The van der Waals surface area contributed by atoms with Gasteiger partial charge in [0, 0.05) is 31.7 Å². The highest BCUT2D eigenvalue weighted by atomic mass is 16.6. The minimum Gasteiger partial charge on any atom is -0.493 e. The first kappa shape index (κ1) is 18.5. The fourth-order valence-corrected chi connectivity index (χ4v) is 3.20. The molecule has 2 N–H and O–H groups in total. The van der Waals surface area contributed by atoms with Gasteiger partial charge in [-0.1, -0.05) is 12.1 Å². The SMILES string of the molecule is CCN1C(=O)OCc2cnc(NC(C)c3ccc(OCC4CNC4)cc3)nc21. The summed E-state index contributed by atoms with van der Waals surface area (Å²) in [6.07, 6.45) is 1.33. The third-order valence-corrected chi connectivity index (χ3v) is 5.06. The third kappa shape index (κ3) is 3.87. The minimum absolute atomic E-state index is 0.00792. The van der Waals surface area contributed by atoms with Crippen LogP contribution in [0, 0.1) is 5.92 Å². The van der Waals surface area contributed by atoms with Crippen LogP contribution in [0.1, 0.15) is 31.0 Å². The second-order valence-electron chi connectivity index (χ2n) is 7.11. The standard InChI is InChI=1S/C20H25N5O3/c1-3-25-18-16(12-28-20(25)26)10-22-19(24-18)23-13(2)15-4-6-17(7-5-15)27-11-14-8-21-9-14/h4-7,10,13-14,21H,3,8-9,11-12H2,1-2H3,(H,22,23,24). The van der Waals surface area contributed by atoms with Crippen molar-refractivity contribution in [1.82, 2.24) is 15.3 Å². The summed E-state index contributed by atoms with van der Waals surface area (Å²) in [5, 5.41) is 6.55. The first-order chi connectivity index (χ1) is 13.6. The summed E-state index contributed by atoms with van der Waals surface area (Å²) in [5.74, 6) is 2.58. The Labute approximate surface area is 164 Å². The number of benzene rings is 1. The molecule has 0 radical (unpaired) electrons. The number of ether oxygens (including phenoxy) is 2. The van der Waals surface area contributed by atoms with Crippen molar-refractivity contribution < 1.29 is 14.3 Å². The maximum atomic E-state index is 11.9. The van der Waals surface area contributed by atoms with Crippen molar-refractivity contribution in [3.63, 3.8) is 0 Å². The number of amides is 1. The molecule has 1 atom stereocenters. The van der Waals surface area contributed by atoms with Crippen LogP contribution in [-0.4, -0.2) is 42.3 Å². The van der Waals surface area contributed by atoms with Crippen LogP contribution in [0.15, 0.2) is 30.5 Å². The van der Waals surface area contributed by atoms with Crippen molar-refractivity contribution >= 4 is 17.9 Å². The van der Waals surface area contributed by atoms with Gasteiger partial charge >= 0.3 is 6.09 Å². The Bertz CT molecular complexity index is 838. The highest BCUT2D eigenvalue weighted by Gasteiger charge is 2.26. The predicted molar refractivity (Wildman–Crippen MR) is 106 cm³/mol. The van der Waals surface area contributed by atoms with Gasteiger partial charge in [0.05, 0.1) is 18.2 Å². The number of carbonyl (C=O) groups is 1. The van der Waals surface area contributed by atoms with Gasteiger partial charge in [-0.25, -0.2) is 9.78 Å². The molecule has 3 heterocycles. The van der Waals surface area contributed by atoms with E-state index in [1.807, 2.05) is 38.1 Å². The van der Waals surface area contributed by atoms with Crippen LogP contribution in [0.4, 0.5) is 16.6 Å². The first-order valence-electron chi connectivity index (χ1n) is 9.64. The van der Waals surface area contributed by atoms with Gasteiger partial charge in [-0.2, -0.15) is 4.98 Å². The highest BCUT2D eigenvalue weighted by molar-refractivity contribution is 5.89. The lowest BCUT2D eigenvalue weighted by atomic mass is 10.1. The number of anilines is 2. The number of rotatable bonds is 7. The summed E-state index contributed by atoms with van der Waals surface area (Å²) in [5.41, 5.74) is 1.91. The van der Waals surface area contributed by atoms with Crippen molar-refractivity contribution in [3.8, 4) is 5.75 Å². The molecule has 0 saturated carbocycles. The number of nitrogens with one attached hydrogen (secondary N) is 2. The smallest absolute Gasteiger partial charge is 0.415 e. The molecule has 1 aromatic carbocycles. The molecule has 0 aliphatic carbocycles. The van der Waals surface area contributed by atoms with Gasteiger partial charge in [0.2, 0.25) is 5.95 Å². The number of carbonyl (C=O) groups excluding carboxylic acids is 1. The Morgan fingerprint density at radius 1 is 1.36 bits per heavy atom. The summed E-state index contributed by atoms with van der Waals surface area (Å²) >= 11 is 0. The summed E-state index contributed by atoms with van der Waals surface area (Å²) in [6, 6.07) is 8.07. The lowest BCUT2D eigenvalue weighted by Crippen LogP contribution is -2.45. The predicted octanol–water partition coefficient (Wildman–Crippen LogP) is 2.72. The van der Waals surface area contributed by atoms with Crippen LogP contribution >= 0.6 is 0 Å². The van der Waals surface area contributed by atoms with E-state index < -0.39 is 0 Å². The normalized spacial score (nSPS) is 17.4. The fourth-order valence-electron chi connectivity index (χ4n) is 3.20. The van der Waals surface area contributed by atoms with Crippen molar-refractivity contribution in [1.29, 1.82) is 0 Å². The quantitative estimate of drug-likeness (QED) is 0.760. The van der Waals surface area contributed by atoms with Gasteiger partial charge in [0.25, 0.3) is 0 Å². The number of hydrogen-bond donors (Lipinski definition) is 2. The van der Waals surface area contributed by atoms with E-state index in [2.05, 4.69) is 20.6 Å². The van der Waals surface area contributed by atoms with E-state index in [0.29, 0.717) is 24.2 Å². The molecule has 148 valence electrons. The molecule has 1 amide bonds. The maximum Gasteiger partial charge on any atom is 0.415 e. The number of fused-ring (bicyclic) bond motifs is 1. The lowest BCUT2D eigenvalue weighted by Gasteiger charge is -2.27. The molecule has 1 unspecified atom stereocenters. The molecule has 2 aromatic rings. The van der Waals surface area contributed by atoms with E-state index in [1.165, 1.54) is 4.90 Å². The maximum absolute atomic E-state index is 11.9. The van der Waals surface area contributed by atoms with Gasteiger partial charge in [-0.05, 0) is 31.5 Å². The molecule has 0 spiro atoms. The Morgan fingerprint density at radius 3 is 2.82 bits per heavy atom. The first-order valence-corrected chi connectivity index (χ1v) is 9.64. The van der Waals surface area contributed by atoms with Gasteiger partial charge in [-0.15, -0.1) is 0 Å². The average Bonchev–Trinajstić information content (AvgIpc) is 2.67. The Morgan fingerprint density at radius 2 is 2.14 bits per heavy atom. The Kier molecular flexibility index (Phi) is 5.29. The summed E-state index contributed by atoms with van der Waals surface area (Å²) in [4.78, 5) is 22.3. The fraction of sp³-hybridized carbons (Fsp3) is 0.450. The van der Waals surface area contributed by atoms with E-state index in [9.17, 15) is 4.79 Å². The van der Waals surface area contributed by atoms with Crippen LogP contribution in [0.5, 0.6) is 5.75 Å². The van der Waals surface area contributed by atoms with E-state index in [0.717, 1.165) is 36.6 Å². The molecule has 1 saturated heterocycles. The van der Waals surface area contributed by atoms with E-state index in [1.54, 1.807) is 6.20 Å².